The monoisotopic (exact) mass is 337 g/mol. The van der Waals surface area contributed by atoms with Gasteiger partial charge in [-0.3, -0.25) is 0 Å². The number of fused-ring (bicyclic) bond motifs is 2. The lowest BCUT2D eigenvalue weighted by Gasteiger charge is -2.31. The van der Waals surface area contributed by atoms with Crippen LogP contribution in [0, 0.1) is 0 Å². The first-order chi connectivity index (χ1) is 11.6. The summed E-state index contributed by atoms with van der Waals surface area (Å²) in [6, 6.07) is 14.9. The lowest BCUT2D eigenvalue weighted by Crippen LogP contribution is -2.32. The van der Waals surface area contributed by atoms with E-state index in [0.29, 0.717) is 18.9 Å². The standard InChI is InChI=1S/C19H14ClN2O2/c20-16-6-3-5-13-11-22(9-8-14(13)16)18-15(19(23)24)10-12-4-1-2-7-17(12)21-18/h1-7,10H,8-9,11H2. The summed E-state index contributed by atoms with van der Waals surface area (Å²) in [5.41, 5.74) is 3.13. The largest absolute Gasteiger partial charge is 0.390 e. The fourth-order valence-corrected chi connectivity index (χ4v) is 3.53. The van der Waals surface area contributed by atoms with Gasteiger partial charge in [0.1, 0.15) is 11.4 Å². The summed E-state index contributed by atoms with van der Waals surface area (Å²) in [5, 5.41) is 13.2. The van der Waals surface area contributed by atoms with Crippen molar-refractivity contribution in [3.63, 3.8) is 0 Å². The average Bonchev–Trinajstić information content (AvgIpc) is 2.60. The van der Waals surface area contributed by atoms with Gasteiger partial charge in [0.2, 0.25) is 0 Å². The van der Waals surface area contributed by atoms with Crippen LogP contribution >= 0.6 is 11.6 Å². The maximum atomic E-state index is 11.6. The van der Waals surface area contributed by atoms with Crippen molar-refractivity contribution in [2.24, 2.45) is 0 Å². The summed E-state index contributed by atoms with van der Waals surface area (Å²) in [5.74, 6) is -0.750. The summed E-state index contributed by atoms with van der Waals surface area (Å²) in [4.78, 5) is 18.2. The van der Waals surface area contributed by atoms with E-state index in [4.69, 9.17) is 11.6 Å². The number of rotatable bonds is 2. The summed E-state index contributed by atoms with van der Waals surface area (Å²) in [6.45, 7) is 1.25. The molecule has 0 fully saturated rings. The highest BCUT2D eigenvalue weighted by molar-refractivity contribution is 6.31. The zero-order valence-corrected chi connectivity index (χ0v) is 13.6. The highest BCUT2D eigenvalue weighted by Gasteiger charge is 2.24. The minimum atomic E-state index is -1.21. The Morgan fingerprint density at radius 3 is 2.79 bits per heavy atom. The number of pyridine rings is 1. The van der Waals surface area contributed by atoms with Crippen LogP contribution in [0.4, 0.5) is 5.82 Å². The van der Waals surface area contributed by atoms with Crippen molar-refractivity contribution in [2.45, 2.75) is 13.0 Å². The molecule has 1 aliphatic rings. The number of para-hydroxylation sites is 1. The molecule has 0 saturated heterocycles. The van der Waals surface area contributed by atoms with Crippen LogP contribution in [-0.4, -0.2) is 17.5 Å². The van der Waals surface area contributed by atoms with Crippen molar-refractivity contribution in [1.82, 2.24) is 4.98 Å². The van der Waals surface area contributed by atoms with Crippen molar-refractivity contribution in [3.8, 4) is 0 Å². The van der Waals surface area contributed by atoms with Crippen molar-refractivity contribution in [3.05, 3.63) is 70.2 Å². The van der Waals surface area contributed by atoms with Crippen LogP contribution in [0.25, 0.3) is 10.9 Å². The van der Waals surface area contributed by atoms with Crippen LogP contribution in [-0.2, 0) is 18.1 Å². The van der Waals surface area contributed by atoms with E-state index < -0.39 is 5.97 Å². The van der Waals surface area contributed by atoms with Crippen LogP contribution < -0.4 is 4.90 Å². The zero-order valence-electron chi connectivity index (χ0n) is 12.8. The number of carbonyl (C=O) groups is 1. The number of carbonyl (C=O) groups excluding carboxylic acids is 1. The molecule has 0 unspecified atom stereocenters. The molecule has 119 valence electrons. The Labute approximate surface area is 144 Å². The summed E-state index contributed by atoms with van der Waals surface area (Å²) >= 11 is 6.26. The molecular weight excluding hydrogens is 324 g/mol. The number of hydrogen-bond donors (Lipinski definition) is 0. The number of nitrogens with zero attached hydrogens (tertiary/aromatic N) is 2. The molecule has 4 nitrogen and oxygen atoms in total. The van der Waals surface area contributed by atoms with Gasteiger partial charge < -0.3 is 4.90 Å². The zero-order chi connectivity index (χ0) is 16.7. The van der Waals surface area contributed by atoms with Crippen LogP contribution in [0.3, 0.4) is 0 Å². The Hall–Kier alpha value is -2.59. The minimum absolute atomic E-state index is 0.124. The highest BCUT2D eigenvalue weighted by atomic mass is 35.5. The topological polar surface area (TPSA) is 53.1 Å². The maximum Gasteiger partial charge on any atom is 0.390 e. The van der Waals surface area contributed by atoms with Crippen molar-refractivity contribution >= 4 is 34.3 Å². The smallest absolute Gasteiger partial charge is 0.351 e. The predicted molar refractivity (Wildman–Crippen MR) is 93.0 cm³/mol. The molecule has 0 N–H and O–H groups in total. The van der Waals surface area contributed by atoms with Gasteiger partial charge in [-0.15, -0.1) is 0 Å². The first-order valence-electron chi connectivity index (χ1n) is 7.76. The van der Waals surface area contributed by atoms with E-state index in [-0.39, 0.29) is 5.56 Å². The first kappa shape index (κ1) is 15.0. The van der Waals surface area contributed by atoms with Gasteiger partial charge in [0.15, 0.2) is 0 Å². The predicted octanol–water partition coefficient (Wildman–Crippen LogP) is 4.02. The summed E-state index contributed by atoms with van der Waals surface area (Å²) < 4.78 is 0. The van der Waals surface area contributed by atoms with Crippen LogP contribution in [0.15, 0.2) is 48.5 Å². The molecule has 1 radical (unpaired) electrons. The molecule has 3 aromatic rings. The number of hydrogen-bond acceptors (Lipinski definition) is 3. The Morgan fingerprint density at radius 1 is 1.12 bits per heavy atom. The molecule has 0 atom stereocenters. The Kier molecular flexibility index (Phi) is 3.62. The number of aromatic nitrogens is 1. The molecule has 0 amide bonds. The van der Waals surface area contributed by atoms with E-state index in [2.05, 4.69) is 4.98 Å². The molecule has 2 aromatic carbocycles. The van der Waals surface area contributed by atoms with Crippen molar-refractivity contribution in [1.29, 1.82) is 0 Å². The van der Waals surface area contributed by atoms with E-state index in [1.54, 1.807) is 6.07 Å². The fourth-order valence-electron chi connectivity index (χ4n) is 3.24. The number of benzene rings is 2. The highest BCUT2D eigenvalue weighted by Crippen LogP contribution is 2.31. The van der Waals surface area contributed by atoms with Gasteiger partial charge in [0, 0.05) is 23.5 Å². The van der Waals surface area contributed by atoms with Gasteiger partial charge >= 0.3 is 5.97 Å². The quantitative estimate of drug-likeness (QED) is 0.709. The van der Waals surface area contributed by atoms with Gasteiger partial charge in [-0.25, -0.2) is 14.9 Å². The van der Waals surface area contributed by atoms with E-state index >= 15 is 0 Å². The fraction of sp³-hybridized carbons (Fsp3) is 0.158. The van der Waals surface area contributed by atoms with Crippen LogP contribution in [0.1, 0.15) is 21.5 Å². The van der Waals surface area contributed by atoms with Gasteiger partial charge in [-0.05, 0) is 35.7 Å². The number of anilines is 1. The molecule has 1 aromatic heterocycles. The van der Waals surface area contributed by atoms with E-state index in [1.165, 1.54) is 0 Å². The molecule has 0 aliphatic carbocycles. The van der Waals surface area contributed by atoms with Crippen LogP contribution in [0.2, 0.25) is 5.02 Å². The van der Waals surface area contributed by atoms with Gasteiger partial charge in [0.05, 0.1) is 5.52 Å². The summed E-state index contributed by atoms with van der Waals surface area (Å²) in [6.07, 6.45) is 0.760. The molecule has 0 bridgehead atoms. The molecule has 2 heterocycles. The maximum absolute atomic E-state index is 11.6. The molecule has 5 heteroatoms. The van der Waals surface area contributed by atoms with Crippen LogP contribution in [0.5, 0.6) is 0 Å². The molecule has 1 aliphatic heterocycles. The Morgan fingerprint density at radius 2 is 1.96 bits per heavy atom. The molecule has 0 saturated carbocycles. The third-order valence-electron chi connectivity index (χ3n) is 4.43. The van der Waals surface area contributed by atoms with Crippen molar-refractivity contribution in [2.75, 3.05) is 11.4 Å². The van der Waals surface area contributed by atoms with Crippen molar-refractivity contribution < 1.29 is 9.90 Å². The average molecular weight is 338 g/mol. The molecule has 4 rings (SSSR count). The third kappa shape index (κ3) is 2.49. The van der Waals surface area contributed by atoms with E-state index in [0.717, 1.165) is 33.5 Å². The lowest BCUT2D eigenvalue weighted by molar-refractivity contribution is 0.0573. The number of halogens is 1. The first-order valence-corrected chi connectivity index (χ1v) is 8.13. The van der Waals surface area contributed by atoms with Gasteiger partial charge in [-0.2, -0.15) is 0 Å². The van der Waals surface area contributed by atoms with Gasteiger partial charge in [-0.1, -0.05) is 41.9 Å². The van der Waals surface area contributed by atoms with Gasteiger partial charge in [0.25, 0.3) is 0 Å². The third-order valence-corrected chi connectivity index (χ3v) is 4.79. The second-order valence-electron chi connectivity index (χ2n) is 5.89. The van der Waals surface area contributed by atoms with E-state index in [1.807, 2.05) is 47.4 Å². The SMILES string of the molecule is [O]C(=O)c1cc2ccccc2nc1N1CCc2c(Cl)cccc2C1. The van der Waals surface area contributed by atoms with E-state index in [9.17, 15) is 9.90 Å². The molecule has 0 spiro atoms. The second kappa shape index (κ2) is 5.80. The molecule has 24 heavy (non-hydrogen) atoms. The molecular formula is C19H14ClN2O2. The Balaban J connectivity index is 1.81. The lowest BCUT2D eigenvalue weighted by atomic mass is 9.99. The summed E-state index contributed by atoms with van der Waals surface area (Å²) in [7, 11) is 0. The Bertz CT molecular complexity index is 955. The normalized spacial score (nSPS) is 13.8. The second-order valence-corrected chi connectivity index (χ2v) is 6.30. The minimum Gasteiger partial charge on any atom is -0.351 e.